The fraction of sp³-hybridized carbons (Fsp3) is 0. The topological polar surface area (TPSA) is 29.3 Å². The molecule has 10 aromatic rings. The van der Waals surface area contributed by atoms with Crippen LogP contribution in [0.2, 0.25) is 0 Å². The minimum Gasteiger partial charge on any atom is -0.435 e. The summed E-state index contributed by atoms with van der Waals surface area (Å²) in [7, 11) is 0. The van der Waals surface area contributed by atoms with E-state index in [9.17, 15) is 0 Å². The Bertz CT molecular complexity index is 2800. The fourth-order valence-corrected chi connectivity index (χ4v) is 8.18. The molecule has 47 heavy (non-hydrogen) atoms. The second-order valence-corrected chi connectivity index (χ2v) is 13.0. The zero-order chi connectivity index (χ0) is 30.9. The van der Waals surface area contributed by atoms with Gasteiger partial charge in [-0.3, -0.25) is 0 Å². The molecule has 2 heterocycles. The first-order chi connectivity index (χ1) is 23.3. The van der Waals surface area contributed by atoms with Gasteiger partial charge in [0.15, 0.2) is 5.58 Å². The number of oxazole rings is 1. The minimum absolute atomic E-state index is 0.633. The first kappa shape index (κ1) is 26.3. The van der Waals surface area contributed by atoms with Crippen molar-refractivity contribution < 1.29 is 4.42 Å². The smallest absolute Gasteiger partial charge is 0.227 e. The van der Waals surface area contributed by atoms with E-state index in [4.69, 9.17) is 9.40 Å². The molecule has 2 aromatic heterocycles. The highest BCUT2D eigenvalue weighted by atomic mass is 32.1. The lowest BCUT2D eigenvalue weighted by atomic mass is 9.95. The summed E-state index contributed by atoms with van der Waals surface area (Å²) in [6.07, 6.45) is 0. The second-order valence-electron chi connectivity index (χ2n) is 12.0. The lowest BCUT2D eigenvalue weighted by Crippen LogP contribution is -2.09. The van der Waals surface area contributed by atoms with Crippen LogP contribution >= 0.6 is 11.3 Å². The van der Waals surface area contributed by atoms with Crippen LogP contribution in [0.3, 0.4) is 0 Å². The lowest BCUT2D eigenvalue weighted by Gasteiger charge is -2.26. The van der Waals surface area contributed by atoms with E-state index in [-0.39, 0.29) is 0 Å². The Labute approximate surface area is 274 Å². The first-order valence-electron chi connectivity index (χ1n) is 15.8. The quantitative estimate of drug-likeness (QED) is 0.184. The molecule has 3 nitrogen and oxygen atoms in total. The summed E-state index contributed by atoms with van der Waals surface area (Å²) in [4.78, 5) is 7.54. The van der Waals surface area contributed by atoms with Crippen LogP contribution in [0.1, 0.15) is 0 Å². The van der Waals surface area contributed by atoms with E-state index in [1.54, 1.807) is 0 Å². The van der Waals surface area contributed by atoms with Crippen LogP contribution in [0.25, 0.3) is 75.0 Å². The van der Waals surface area contributed by atoms with Gasteiger partial charge in [0, 0.05) is 53.6 Å². The van der Waals surface area contributed by atoms with Crippen molar-refractivity contribution in [2.45, 2.75) is 0 Å². The summed E-state index contributed by atoms with van der Waals surface area (Å²) in [6.45, 7) is 0. The van der Waals surface area contributed by atoms with E-state index < -0.39 is 0 Å². The maximum Gasteiger partial charge on any atom is 0.227 e. The molecule has 0 saturated carbocycles. The zero-order valence-electron chi connectivity index (χ0n) is 25.2. The molecular formula is C43H26N2OS. The Hall–Kier alpha value is -5.97. The fourth-order valence-electron chi connectivity index (χ4n) is 7.10. The van der Waals surface area contributed by atoms with Crippen molar-refractivity contribution in [3.8, 4) is 11.5 Å². The molecule has 0 atom stereocenters. The second kappa shape index (κ2) is 10.3. The molecule has 0 spiro atoms. The van der Waals surface area contributed by atoms with Gasteiger partial charge in [0.2, 0.25) is 5.89 Å². The van der Waals surface area contributed by atoms with Gasteiger partial charge in [0.25, 0.3) is 0 Å². The number of hydrogen-bond donors (Lipinski definition) is 0. The summed E-state index contributed by atoms with van der Waals surface area (Å²) in [5, 5.41) is 9.39. The Balaban J connectivity index is 1.27. The molecule has 10 rings (SSSR count). The van der Waals surface area contributed by atoms with Gasteiger partial charge >= 0.3 is 0 Å². The predicted molar refractivity (Wildman–Crippen MR) is 200 cm³/mol. The van der Waals surface area contributed by atoms with E-state index in [2.05, 4.69) is 144 Å². The van der Waals surface area contributed by atoms with Gasteiger partial charge in [-0.05, 0) is 82.2 Å². The van der Waals surface area contributed by atoms with Gasteiger partial charge in [-0.15, -0.1) is 11.3 Å². The van der Waals surface area contributed by atoms with Crippen LogP contribution < -0.4 is 4.90 Å². The number of para-hydroxylation sites is 1. The van der Waals surface area contributed by atoms with Crippen molar-refractivity contribution in [1.82, 2.24) is 4.98 Å². The Morgan fingerprint density at radius 2 is 1.11 bits per heavy atom. The standard InChI is InChI=1S/C43H26N2OS/c1-3-11-28(12-4-1)43-44-41-40-34(32-15-7-8-17-35(32)42(41)46-43)23-20-27-19-21-30(25-36(27)40)45(29-13-5-2-6-14-29)31-22-24-39-37(26-31)33-16-9-10-18-38(33)47-39/h1-26H. The van der Waals surface area contributed by atoms with E-state index in [0.29, 0.717) is 5.89 Å². The van der Waals surface area contributed by atoms with Gasteiger partial charge < -0.3 is 9.32 Å². The number of nitrogens with zero attached hydrogens (tertiary/aromatic N) is 2. The third kappa shape index (κ3) is 4.09. The summed E-state index contributed by atoms with van der Waals surface area (Å²) in [5.41, 5.74) is 5.98. The number of benzene rings is 8. The molecule has 0 fully saturated rings. The predicted octanol–water partition coefficient (Wildman–Crippen LogP) is 12.8. The molecule has 0 saturated heterocycles. The monoisotopic (exact) mass is 618 g/mol. The van der Waals surface area contributed by atoms with E-state index >= 15 is 0 Å². The van der Waals surface area contributed by atoms with Crippen LogP contribution in [-0.2, 0) is 0 Å². The molecule has 0 N–H and O–H groups in total. The maximum absolute atomic E-state index is 6.59. The van der Waals surface area contributed by atoms with Crippen molar-refractivity contribution in [2.75, 3.05) is 4.90 Å². The van der Waals surface area contributed by atoms with Crippen LogP contribution in [0, 0.1) is 0 Å². The molecule has 0 radical (unpaired) electrons. The van der Waals surface area contributed by atoms with Gasteiger partial charge in [0.05, 0.1) is 0 Å². The largest absolute Gasteiger partial charge is 0.435 e. The van der Waals surface area contributed by atoms with Gasteiger partial charge in [0.1, 0.15) is 5.52 Å². The number of anilines is 3. The first-order valence-corrected chi connectivity index (χ1v) is 16.6. The Kier molecular flexibility index (Phi) is 5.74. The molecule has 8 aromatic carbocycles. The maximum atomic E-state index is 6.59. The SMILES string of the molecule is c1ccc(-c2nc3c(o2)c2ccccc2c2ccc4ccc(N(c5ccccc5)c5ccc6sc7ccccc7c6c5)cc4c23)cc1. The van der Waals surface area contributed by atoms with Gasteiger partial charge in [-0.2, -0.15) is 0 Å². The molecule has 0 bridgehead atoms. The van der Waals surface area contributed by atoms with E-state index in [0.717, 1.165) is 60.7 Å². The summed E-state index contributed by atoms with van der Waals surface area (Å²) >= 11 is 1.84. The third-order valence-corrected chi connectivity index (χ3v) is 10.4. The Morgan fingerprint density at radius 1 is 0.468 bits per heavy atom. The molecule has 0 aliphatic rings. The highest BCUT2D eigenvalue weighted by Crippen LogP contribution is 2.44. The van der Waals surface area contributed by atoms with Crippen molar-refractivity contribution >= 4 is 92.0 Å². The van der Waals surface area contributed by atoms with Crippen molar-refractivity contribution in [3.63, 3.8) is 0 Å². The molecule has 220 valence electrons. The molecular weight excluding hydrogens is 593 g/mol. The van der Waals surface area contributed by atoms with Gasteiger partial charge in [-0.1, -0.05) is 97.1 Å². The van der Waals surface area contributed by atoms with Crippen molar-refractivity contribution in [3.05, 3.63) is 158 Å². The van der Waals surface area contributed by atoms with Crippen LogP contribution in [0.5, 0.6) is 0 Å². The molecule has 0 amide bonds. The van der Waals surface area contributed by atoms with Gasteiger partial charge in [-0.25, -0.2) is 4.98 Å². The van der Waals surface area contributed by atoms with E-state index in [1.807, 2.05) is 29.5 Å². The van der Waals surface area contributed by atoms with Crippen LogP contribution in [0.4, 0.5) is 17.1 Å². The molecule has 4 heteroatoms. The summed E-state index contributed by atoms with van der Waals surface area (Å²) in [5.74, 6) is 0.633. The molecule has 0 unspecified atom stereocenters. The minimum atomic E-state index is 0.633. The normalized spacial score (nSPS) is 11.8. The number of hydrogen-bond acceptors (Lipinski definition) is 4. The third-order valence-electron chi connectivity index (χ3n) is 9.24. The van der Waals surface area contributed by atoms with Crippen LogP contribution in [0.15, 0.2) is 162 Å². The van der Waals surface area contributed by atoms with Crippen molar-refractivity contribution in [1.29, 1.82) is 0 Å². The van der Waals surface area contributed by atoms with Crippen molar-refractivity contribution in [2.24, 2.45) is 0 Å². The average Bonchev–Trinajstić information content (AvgIpc) is 3.75. The Morgan fingerprint density at radius 3 is 1.94 bits per heavy atom. The number of aromatic nitrogens is 1. The number of thiophene rings is 1. The zero-order valence-corrected chi connectivity index (χ0v) is 26.0. The number of rotatable bonds is 4. The highest BCUT2D eigenvalue weighted by molar-refractivity contribution is 7.25. The molecule has 0 aliphatic carbocycles. The van der Waals surface area contributed by atoms with Crippen LogP contribution in [-0.4, -0.2) is 4.98 Å². The average molecular weight is 619 g/mol. The summed E-state index contributed by atoms with van der Waals surface area (Å²) < 4.78 is 9.19. The lowest BCUT2D eigenvalue weighted by molar-refractivity contribution is 0.623. The molecule has 0 aliphatic heterocycles. The van der Waals surface area contributed by atoms with E-state index in [1.165, 1.54) is 25.6 Å². The summed E-state index contributed by atoms with van der Waals surface area (Å²) in [6, 6.07) is 56.1. The number of fused-ring (bicyclic) bond motifs is 11. The highest BCUT2D eigenvalue weighted by Gasteiger charge is 2.20.